The number of rotatable bonds is 8. The molecule has 2 heterocycles. The van der Waals surface area contributed by atoms with E-state index in [1.165, 1.54) is 29.1 Å². The summed E-state index contributed by atoms with van der Waals surface area (Å²) >= 11 is 0. The number of hydrogen-bond donors (Lipinski definition) is 3. The number of carbonyl (C=O) groups excluding carboxylic acids is 1. The van der Waals surface area contributed by atoms with Crippen LogP contribution in [0.1, 0.15) is 27.2 Å². The van der Waals surface area contributed by atoms with Crippen LogP contribution in [0.4, 0.5) is 18.9 Å². The zero-order valence-electron chi connectivity index (χ0n) is 21.9. The Morgan fingerprint density at radius 1 is 1.02 bits per heavy atom. The van der Waals surface area contributed by atoms with Crippen LogP contribution in [0.25, 0.3) is 22.0 Å². The van der Waals surface area contributed by atoms with Crippen molar-refractivity contribution < 1.29 is 26.4 Å². The van der Waals surface area contributed by atoms with Gasteiger partial charge >= 0.3 is 6.18 Å². The Balaban J connectivity index is 1.29. The number of nitrogens with one attached hydrogen (secondary N) is 3. The summed E-state index contributed by atoms with van der Waals surface area (Å²) in [5.41, 5.74) is 1.13. The predicted molar refractivity (Wildman–Crippen MR) is 150 cm³/mol. The molecule has 0 fully saturated rings. The number of halogens is 3. The Morgan fingerprint density at radius 2 is 1.79 bits per heavy atom. The van der Waals surface area contributed by atoms with Crippen molar-refractivity contribution in [1.82, 2.24) is 25.1 Å². The van der Waals surface area contributed by atoms with E-state index in [1.54, 1.807) is 48.5 Å². The van der Waals surface area contributed by atoms with E-state index in [-0.39, 0.29) is 41.0 Å². The molecular formula is C28H23F3N6O4S. The second-order valence-corrected chi connectivity index (χ2v) is 11.3. The van der Waals surface area contributed by atoms with Gasteiger partial charge in [-0.15, -0.1) is 0 Å². The van der Waals surface area contributed by atoms with E-state index >= 15 is 0 Å². The number of H-pyrrole nitrogens is 1. The highest BCUT2D eigenvalue weighted by Crippen LogP contribution is 2.35. The minimum Gasteiger partial charge on any atom is -0.348 e. The molecule has 2 aromatic heterocycles. The van der Waals surface area contributed by atoms with Gasteiger partial charge in [-0.1, -0.05) is 30.3 Å². The molecule has 14 heteroatoms. The van der Waals surface area contributed by atoms with Gasteiger partial charge in [0.2, 0.25) is 10.0 Å². The molecule has 0 atom stereocenters. The van der Waals surface area contributed by atoms with E-state index in [0.29, 0.717) is 16.8 Å². The largest absolute Gasteiger partial charge is 0.433 e. The van der Waals surface area contributed by atoms with E-state index in [2.05, 4.69) is 20.1 Å². The molecule has 0 aliphatic carbocycles. The molecule has 0 unspecified atom stereocenters. The summed E-state index contributed by atoms with van der Waals surface area (Å²) in [4.78, 5) is 30.2. The predicted octanol–water partition coefficient (Wildman–Crippen LogP) is 4.16. The number of aromatic nitrogens is 4. The Kier molecular flexibility index (Phi) is 7.56. The van der Waals surface area contributed by atoms with Gasteiger partial charge in [-0.05, 0) is 53.1 Å². The summed E-state index contributed by atoms with van der Waals surface area (Å²) in [5.74, 6) is -0.343. The van der Waals surface area contributed by atoms with Crippen LogP contribution in [0.2, 0.25) is 0 Å². The van der Waals surface area contributed by atoms with E-state index < -0.39 is 27.5 Å². The number of amides is 1. The Bertz CT molecular complexity index is 1950. The van der Waals surface area contributed by atoms with Crippen LogP contribution in [0, 0.1) is 0 Å². The van der Waals surface area contributed by atoms with Crippen molar-refractivity contribution in [2.24, 2.45) is 0 Å². The molecule has 42 heavy (non-hydrogen) atoms. The highest BCUT2D eigenvalue weighted by Gasteiger charge is 2.36. The smallest absolute Gasteiger partial charge is 0.348 e. The summed E-state index contributed by atoms with van der Waals surface area (Å²) in [7, 11) is -3.39. The van der Waals surface area contributed by atoms with Crippen molar-refractivity contribution in [3.05, 3.63) is 112 Å². The average molecular weight is 597 g/mol. The molecule has 0 saturated carbocycles. The molecule has 216 valence electrons. The van der Waals surface area contributed by atoms with Gasteiger partial charge in [0.1, 0.15) is 5.69 Å². The monoisotopic (exact) mass is 596 g/mol. The van der Waals surface area contributed by atoms with Crippen molar-refractivity contribution in [2.75, 3.05) is 11.0 Å². The number of hydrogen-bond acceptors (Lipinski definition) is 6. The second-order valence-electron chi connectivity index (χ2n) is 9.52. The average Bonchev–Trinajstić information content (AvgIpc) is 3.44. The highest BCUT2D eigenvalue weighted by atomic mass is 32.2. The topological polar surface area (TPSA) is 139 Å². The Morgan fingerprint density at radius 3 is 2.50 bits per heavy atom. The molecule has 0 aliphatic rings. The third-order valence-corrected chi connectivity index (χ3v) is 6.92. The van der Waals surface area contributed by atoms with E-state index in [0.717, 1.165) is 18.0 Å². The third kappa shape index (κ3) is 6.49. The van der Waals surface area contributed by atoms with Crippen LogP contribution < -0.4 is 15.6 Å². The number of aromatic amines is 1. The highest BCUT2D eigenvalue weighted by molar-refractivity contribution is 7.92. The summed E-state index contributed by atoms with van der Waals surface area (Å²) in [6.45, 7) is 0.320. The minimum absolute atomic E-state index is 0.111. The molecule has 0 aliphatic heterocycles. The van der Waals surface area contributed by atoms with Gasteiger partial charge < -0.3 is 5.32 Å². The van der Waals surface area contributed by atoms with Crippen LogP contribution in [-0.4, -0.2) is 40.3 Å². The van der Waals surface area contributed by atoms with Crippen molar-refractivity contribution in [1.29, 1.82) is 0 Å². The van der Waals surface area contributed by atoms with Crippen molar-refractivity contribution >= 4 is 32.5 Å². The van der Waals surface area contributed by atoms with Gasteiger partial charge in [0.15, 0.2) is 0 Å². The fraction of sp³-hybridized carbons (Fsp3) is 0.143. The lowest BCUT2D eigenvalue weighted by molar-refractivity contribution is -0.140. The maximum atomic E-state index is 13.3. The first-order valence-corrected chi connectivity index (χ1v) is 14.3. The quantitative estimate of drug-likeness (QED) is 0.246. The van der Waals surface area contributed by atoms with Gasteiger partial charge in [0.25, 0.3) is 11.5 Å². The molecule has 5 aromatic rings. The molecule has 3 aromatic carbocycles. The third-order valence-electron chi connectivity index (χ3n) is 6.31. The fourth-order valence-electron chi connectivity index (χ4n) is 4.36. The van der Waals surface area contributed by atoms with Gasteiger partial charge in [-0.2, -0.15) is 18.3 Å². The second kappa shape index (κ2) is 11.1. The number of nitrogens with zero attached hydrogens (tertiary/aromatic N) is 3. The standard InChI is InChI=1S/C28H23F3N6O4S/c1-42(40,41)36-21-8-5-17(6-9-21)13-32-26(38)20-4-2-3-18(11-20)15-37-16-33-24-12-19(7-10-22(24)27(37)39)23-14-34-35-25(23)28(29,30)31/h2-12,14,16,36H,13,15H2,1H3,(H,32,38)(H,34,35). The van der Waals surface area contributed by atoms with Crippen LogP contribution in [0.3, 0.4) is 0 Å². The molecule has 0 saturated heterocycles. The summed E-state index contributed by atoms with van der Waals surface area (Å²) in [5, 5.41) is 8.50. The maximum Gasteiger partial charge on any atom is 0.433 e. The van der Waals surface area contributed by atoms with Gasteiger partial charge in [-0.3, -0.25) is 24.0 Å². The van der Waals surface area contributed by atoms with E-state index in [1.807, 2.05) is 5.10 Å². The molecule has 3 N–H and O–H groups in total. The van der Waals surface area contributed by atoms with Crippen molar-refractivity contribution in [3.63, 3.8) is 0 Å². The number of sulfonamides is 1. The molecule has 1 amide bonds. The number of alkyl halides is 3. The Labute approximate surface area is 237 Å². The molecule has 0 radical (unpaired) electrons. The van der Waals surface area contributed by atoms with Crippen LogP contribution in [0.5, 0.6) is 0 Å². The Hall–Kier alpha value is -4.98. The van der Waals surface area contributed by atoms with Crippen LogP contribution in [-0.2, 0) is 29.3 Å². The number of fused-ring (bicyclic) bond motifs is 1. The number of carbonyl (C=O) groups is 1. The first kappa shape index (κ1) is 28.5. The lowest BCUT2D eigenvalue weighted by Gasteiger charge is -2.11. The molecular weight excluding hydrogens is 573 g/mol. The summed E-state index contributed by atoms with van der Waals surface area (Å²) in [6, 6.07) is 17.5. The molecule has 0 spiro atoms. The zero-order valence-corrected chi connectivity index (χ0v) is 22.8. The lowest BCUT2D eigenvalue weighted by atomic mass is 10.0. The van der Waals surface area contributed by atoms with E-state index in [9.17, 15) is 31.2 Å². The van der Waals surface area contributed by atoms with Gasteiger partial charge in [0.05, 0.1) is 36.2 Å². The first-order valence-electron chi connectivity index (χ1n) is 12.4. The number of benzene rings is 3. The number of anilines is 1. The summed E-state index contributed by atoms with van der Waals surface area (Å²) in [6.07, 6.45) is -1.18. The molecule has 10 nitrogen and oxygen atoms in total. The van der Waals surface area contributed by atoms with Gasteiger partial charge in [-0.25, -0.2) is 13.4 Å². The first-order chi connectivity index (χ1) is 19.9. The lowest BCUT2D eigenvalue weighted by Crippen LogP contribution is -2.24. The van der Waals surface area contributed by atoms with Crippen LogP contribution in [0.15, 0.2) is 84.0 Å². The fourth-order valence-corrected chi connectivity index (χ4v) is 4.92. The van der Waals surface area contributed by atoms with Crippen molar-refractivity contribution in [3.8, 4) is 11.1 Å². The van der Waals surface area contributed by atoms with Gasteiger partial charge in [0, 0.05) is 23.4 Å². The van der Waals surface area contributed by atoms with E-state index in [4.69, 9.17) is 0 Å². The normalized spacial score (nSPS) is 11.9. The minimum atomic E-state index is -4.62. The SMILES string of the molecule is CS(=O)(=O)Nc1ccc(CNC(=O)c2cccc(Cn3cnc4cc(-c5cn[nH]c5C(F)(F)F)ccc4c3=O)c2)cc1. The maximum absolute atomic E-state index is 13.3. The summed E-state index contributed by atoms with van der Waals surface area (Å²) < 4.78 is 66.2. The van der Waals surface area contributed by atoms with Crippen molar-refractivity contribution in [2.45, 2.75) is 19.3 Å². The molecule has 5 rings (SSSR count). The zero-order chi connectivity index (χ0) is 30.1. The van der Waals surface area contributed by atoms with Crippen LogP contribution >= 0.6 is 0 Å². The molecule has 0 bridgehead atoms.